The summed E-state index contributed by atoms with van der Waals surface area (Å²) in [6, 6.07) is 18.5. The fraction of sp³-hybridized carbons (Fsp3) is 0.375. The minimum absolute atomic E-state index is 0.597. The molecule has 0 aliphatic heterocycles. The van der Waals surface area contributed by atoms with Gasteiger partial charge in [-0.2, -0.15) is 0 Å². The molecule has 0 N–H and O–H groups in total. The lowest BCUT2D eigenvalue weighted by Gasteiger charge is -2.04. The molecule has 3 aromatic rings. The second-order valence-electron chi connectivity index (χ2n) is 9.57. The second kappa shape index (κ2) is 16.1. The molecule has 0 aliphatic carbocycles. The van der Waals surface area contributed by atoms with Gasteiger partial charge in [0.05, 0.1) is 6.26 Å². The lowest BCUT2D eigenvalue weighted by atomic mass is 10.0. The van der Waals surface area contributed by atoms with Gasteiger partial charge in [-0.05, 0) is 79.8 Å². The van der Waals surface area contributed by atoms with Crippen LogP contribution in [0.3, 0.4) is 0 Å². The zero-order valence-corrected chi connectivity index (χ0v) is 23.4. The van der Waals surface area contributed by atoms with Crippen molar-refractivity contribution >= 4 is 29.6 Å². The Morgan fingerprint density at radius 2 is 1.21 bits per heavy atom. The van der Waals surface area contributed by atoms with Gasteiger partial charge >= 0.3 is 0 Å². The number of furan rings is 1. The maximum absolute atomic E-state index is 5.18. The molecule has 1 nitrogen and oxygen atoms in total. The lowest BCUT2D eigenvalue weighted by molar-refractivity contribution is 0.555. The first-order valence-electron chi connectivity index (χ1n) is 12.3. The molecule has 0 aliphatic rings. The fourth-order valence-corrected chi connectivity index (χ4v) is 3.23. The van der Waals surface area contributed by atoms with Gasteiger partial charge in [0.25, 0.3) is 0 Å². The molecule has 1 aromatic carbocycles. The van der Waals surface area contributed by atoms with Crippen molar-refractivity contribution in [3.8, 4) is 0 Å². The largest absolute Gasteiger partial charge is 0.465 e. The highest BCUT2D eigenvalue weighted by atomic mass is 32.1. The van der Waals surface area contributed by atoms with Crippen molar-refractivity contribution in [3.05, 3.63) is 99.2 Å². The Bertz CT molecular complexity index is 928. The van der Waals surface area contributed by atoms with Gasteiger partial charge in [-0.25, -0.2) is 0 Å². The van der Waals surface area contributed by atoms with Crippen molar-refractivity contribution in [1.82, 2.24) is 0 Å². The van der Waals surface area contributed by atoms with Crippen LogP contribution in [-0.4, -0.2) is 0 Å². The Balaban J connectivity index is 0.000000255. The Morgan fingerprint density at radius 1 is 0.647 bits per heavy atom. The number of thiophene rings is 1. The SMILES string of the molecule is C/C(=C\c1ccccc1)C(C)C.C/C(=C\c1ccco1)C(C)C.C/C(=C\c1cccs1)C(C)C. The smallest absolute Gasteiger partial charge is 0.126 e. The van der Waals surface area contributed by atoms with Crippen molar-refractivity contribution in [3.63, 3.8) is 0 Å². The zero-order valence-electron chi connectivity index (χ0n) is 22.6. The van der Waals surface area contributed by atoms with Crippen LogP contribution in [0.5, 0.6) is 0 Å². The van der Waals surface area contributed by atoms with Crippen LogP contribution in [0.4, 0.5) is 0 Å². The fourth-order valence-electron chi connectivity index (χ4n) is 2.51. The molecule has 0 radical (unpaired) electrons. The van der Waals surface area contributed by atoms with Crippen molar-refractivity contribution in [2.75, 3.05) is 0 Å². The van der Waals surface area contributed by atoms with Crippen LogP contribution < -0.4 is 0 Å². The average molecular weight is 477 g/mol. The maximum atomic E-state index is 5.18. The number of hydrogen-bond donors (Lipinski definition) is 0. The third kappa shape index (κ3) is 12.6. The number of allylic oxidation sites excluding steroid dienone is 3. The third-order valence-electron chi connectivity index (χ3n) is 5.75. The Hall–Kier alpha value is -2.58. The zero-order chi connectivity index (χ0) is 25.5. The van der Waals surface area contributed by atoms with Crippen LogP contribution in [0, 0.1) is 17.8 Å². The molecule has 2 heterocycles. The number of hydrogen-bond acceptors (Lipinski definition) is 2. The topological polar surface area (TPSA) is 13.1 Å². The van der Waals surface area contributed by atoms with E-state index in [1.165, 1.54) is 27.2 Å². The van der Waals surface area contributed by atoms with Crippen LogP contribution >= 0.6 is 11.3 Å². The summed E-state index contributed by atoms with van der Waals surface area (Å²) in [5, 5.41) is 2.11. The van der Waals surface area contributed by atoms with E-state index in [4.69, 9.17) is 4.42 Å². The number of benzene rings is 1. The van der Waals surface area contributed by atoms with E-state index in [9.17, 15) is 0 Å². The summed E-state index contributed by atoms with van der Waals surface area (Å²) >= 11 is 1.79. The number of rotatable bonds is 6. The van der Waals surface area contributed by atoms with Gasteiger partial charge < -0.3 is 4.42 Å². The van der Waals surface area contributed by atoms with Crippen LogP contribution in [0.1, 0.15) is 78.5 Å². The molecule has 2 heteroatoms. The van der Waals surface area contributed by atoms with Gasteiger partial charge in [0.15, 0.2) is 0 Å². The molecule has 0 amide bonds. The van der Waals surface area contributed by atoms with Gasteiger partial charge in [-0.3, -0.25) is 0 Å². The third-order valence-corrected chi connectivity index (χ3v) is 6.57. The summed E-state index contributed by atoms with van der Waals surface area (Å²) in [6.45, 7) is 19.7. The molecule has 0 bridgehead atoms. The summed E-state index contributed by atoms with van der Waals surface area (Å²) in [5.41, 5.74) is 5.53. The van der Waals surface area contributed by atoms with E-state index in [0.717, 1.165) is 5.76 Å². The molecule has 0 spiro atoms. The van der Waals surface area contributed by atoms with Crippen molar-refractivity contribution in [1.29, 1.82) is 0 Å². The Kier molecular flexibility index (Phi) is 14.0. The Morgan fingerprint density at radius 3 is 1.68 bits per heavy atom. The highest BCUT2D eigenvalue weighted by molar-refractivity contribution is 7.10. The first-order valence-corrected chi connectivity index (χ1v) is 13.1. The molecular formula is C32H44OS. The predicted octanol–water partition coefficient (Wildman–Crippen LogP) is 10.9. The molecule has 0 saturated heterocycles. The lowest BCUT2D eigenvalue weighted by Crippen LogP contribution is -1.87. The van der Waals surface area contributed by atoms with Crippen LogP contribution in [0.2, 0.25) is 0 Å². The molecule has 0 fully saturated rings. The molecule has 34 heavy (non-hydrogen) atoms. The van der Waals surface area contributed by atoms with Crippen LogP contribution in [0.25, 0.3) is 18.2 Å². The van der Waals surface area contributed by atoms with Gasteiger partial charge in [0, 0.05) is 4.88 Å². The average Bonchev–Trinajstić information content (AvgIpc) is 3.49. The minimum Gasteiger partial charge on any atom is -0.465 e. The van der Waals surface area contributed by atoms with Gasteiger partial charge in [0.2, 0.25) is 0 Å². The van der Waals surface area contributed by atoms with E-state index >= 15 is 0 Å². The summed E-state index contributed by atoms with van der Waals surface area (Å²) in [4.78, 5) is 1.36. The van der Waals surface area contributed by atoms with E-state index in [2.05, 4.69) is 122 Å². The molecule has 0 unspecified atom stereocenters. The highest BCUT2D eigenvalue weighted by Gasteiger charge is 1.98. The molecule has 2 aromatic heterocycles. The van der Waals surface area contributed by atoms with Crippen molar-refractivity contribution in [2.45, 2.75) is 62.3 Å². The quantitative estimate of drug-likeness (QED) is 0.345. The van der Waals surface area contributed by atoms with Gasteiger partial charge in [-0.15, -0.1) is 11.3 Å². The molecule has 3 rings (SSSR count). The monoisotopic (exact) mass is 476 g/mol. The van der Waals surface area contributed by atoms with Crippen LogP contribution in [0.15, 0.2) is 87.4 Å². The predicted molar refractivity (Wildman–Crippen MR) is 155 cm³/mol. The maximum Gasteiger partial charge on any atom is 0.126 e. The first kappa shape index (κ1) is 29.5. The molecule has 0 saturated carbocycles. The van der Waals surface area contributed by atoms with Gasteiger partial charge in [-0.1, -0.05) is 101 Å². The van der Waals surface area contributed by atoms with E-state index in [1.54, 1.807) is 17.6 Å². The van der Waals surface area contributed by atoms with Crippen molar-refractivity contribution in [2.24, 2.45) is 17.8 Å². The van der Waals surface area contributed by atoms with E-state index in [-0.39, 0.29) is 0 Å². The minimum atomic E-state index is 0.597. The van der Waals surface area contributed by atoms with Crippen molar-refractivity contribution < 1.29 is 4.42 Å². The molecular weight excluding hydrogens is 432 g/mol. The first-order chi connectivity index (χ1) is 16.1. The summed E-state index contributed by atoms with van der Waals surface area (Å²) < 4.78 is 5.18. The summed E-state index contributed by atoms with van der Waals surface area (Å²) in [5.74, 6) is 2.85. The van der Waals surface area contributed by atoms with E-state index in [0.29, 0.717) is 17.8 Å². The molecule has 184 valence electrons. The van der Waals surface area contributed by atoms with Gasteiger partial charge in [0.1, 0.15) is 5.76 Å². The normalized spacial score (nSPS) is 12.4. The standard InChI is InChI=1S/C12H16.C10H14O.C10H14S/c1-10(2)11(3)9-12-7-5-4-6-8-12;2*1-8(2)9(3)7-10-5-4-6-11-10/h4-10H,1-3H3;2*4-8H,1-3H3/b11-9+;2*9-7+. The van der Waals surface area contributed by atoms with E-state index < -0.39 is 0 Å². The Labute approximate surface area is 212 Å². The second-order valence-corrected chi connectivity index (χ2v) is 10.5. The van der Waals surface area contributed by atoms with Crippen LogP contribution in [-0.2, 0) is 0 Å². The highest BCUT2D eigenvalue weighted by Crippen LogP contribution is 2.17. The molecule has 0 atom stereocenters. The summed E-state index contributed by atoms with van der Waals surface area (Å²) in [6.07, 6.45) is 8.27. The van der Waals surface area contributed by atoms with E-state index in [1.807, 2.05) is 18.2 Å². The summed E-state index contributed by atoms with van der Waals surface area (Å²) in [7, 11) is 0.